The normalized spacial score (nSPS) is 18.3. The number of likely N-dealkylation sites (tertiary alicyclic amines) is 1. The summed E-state index contributed by atoms with van der Waals surface area (Å²) in [6.45, 7) is 6.79. The number of aromatic nitrogens is 2. The maximum absolute atomic E-state index is 13.2. The highest BCUT2D eigenvalue weighted by Gasteiger charge is 2.30. The van der Waals surface area contributed by atoms with E-state index in [9.17, 15) is 13.2 Å². The van der Waals surface area contributed by atoms with Gasteiger partial charge < -0.3 is 4.90 Å². The van der Waals surface area contributed by atoms with Gasteiger partial charge in [-0.2, -0.15) is 9.40 Å². The SMILES string of the molecule is CC(C)c1ccc(S(=O)(=O)N2CCC(c3ccn4ncc(C(=O)N5CCCC5)c4c3)CC2)cc1. The van der Waals surface area contributed by atoms with E-state index < -0.39 is 10.0 Å². The van der Waals surface area contributed by atoms with Crippen LogP contribution >= 0.6 is 0 Å². The van der Waals surface area contributed by atoms with Gasteiger partial charge in [0, 0.05) is 32.4 Å². The van der Waals surface area contributed by atoms with E-state index >= 15 is 0 Å². The van der Waals surface area contributed by atoms with Crippen LogP contribution in [0, 0.1) is 0 Å². The van der Waals surface area contributed by atoms with Gasteiger partial charge in [0.05, 0.1) is 22.2 Å². The molecule has 2 fully saturated rings. The van der Waals surface area contributed by atoms with Crippen molar-refractivity contribution in [1.82, 2.24) is 18.8 Å². The van der Waals surface area contributed by atoms with Gasteiger partial charge in [-0.05, 0) is 72.9 Å². The molecule has 0 aliphatic carbocycles. The molecule has 7 nitrogen and oxygen atoms in total. The monoisotopic (exact) mass is 480 g/mol. The van der Waals surface area contributed by atoms with Crippen molar-refractivity contribution >= 4 is 21.4 Å². The van der Waals surface area contributed by atoms with Crippen molar-refractivity contribution in [3.8, 4) is 0 Å². The van der Waals surface area contributed by atoms with Crippen LogP contribution in [-0.4, -0.2) is 59.3 Å². The summed E-state index contributed by atoms with van der Waals surface area (Å²) in [7, 11) is -3.49. The lowest BCUT2D eigenvalue weighted by Crippen LogP contribution is -2.37. The van der Waals surface area contributed by atoms with Gasteiger partial charge in [-0.1, -0.05) is 26.0 Å². The predicted octanol–water partition coefficient (Wildman–Crippen LogP) is 4.26. The molecule has 180 valence electrons. The topological polar surface area (TPSA) is 75.0 Å². The van der Waals surface area contributed by atoms with Crippen LogP contribution in [0.3, 0.4) is 0 Å². The molecule has 2 aliphatic heterocycles. The Morgan fingerprint density at radius 2 is 1.68 bits per heavy atom. The highest BCUT2D eigenvalue weighted by atomic mass is 32.2. The number of nitrogens with zero attached hydrogens (tertiary/aromatic N) is 4. The number of rotatable bonds is 5. The molecule has 0 atom stereocenters. The lowest BCUT2D eigenvalue weighted by molar-refractivity contribution is 0.0794. The largest absolute Gasteiger partial charge is 0.339 e. The number of fused-ring (bicyclic) bond motifs is 1. The average molecular weight is 481 g/mol. The molecular formula is C26H32N4O3S. The highest BCUT2D eigenvalue weighted by molar-refractivity contribution is 7.89. The zero-order valence-electron chi connectivity index (χ0n) is 19.9. The Bertz CT molecular complexity index is 1280. The molecule has 1 aromatic carbocycles. The summed E-state index contributed by atoms with van der Waals surface area (Å²) in [6, 6.07) is 11.4. The van der Waals surface area contributed by atoms with Gasteiger partial charge in [0.1, 0.15) is 0 Å². The minimum absolute atomic E-state index is 0.0500. The van der Waals surface area contributed by atoms with Crippen LogP contribution in [0.5, 0.6) is 0 Å². The molecule has 4 heterocycles. The molecule has 0 bridgehead atoms. The van der Waals surface area contributed by atoms with Gasteiger partial charge in [-0.15, -0.1) is 0 Å². The van der Waals surface area contributed by atoms with Crippen LogP contribution in [-0.2, 0) is 10.0 Å². The third-order valence-corrected chi connectivity index (χ3v) is 9.19. The van der Waals surface area contributed by atoms with E-state index in [-0.39, 0.29) is 11.8 Å². The van der Waals surface area contributed by atoms with Crippen molar-refractivity contribution in [2.45, 2.75) is 56.3 Å². The van der Waals surface area contributed by atoms with Crippen molar-refractivity contribution in [1.29, 1.82) is 0 Å². The summed E-state index contributed by atoms with van der Waals surface area (Å²) in [5.74, 6) is 0.672. The molecule has 2 aliphatic rings. The molecule has 2 saturated heterocycles. The molecule has 3 aromatic rings. The summed E-state index contributed by atoms with van der Waals surface area (Å²) < 4.78 is 29.7. The van der Waals surface area contributed by atoms with Gasteiger partial charge in [0.2, 0.25) is 10.0 Å². The highest BCUT2D eigenvalue weighted by Crippen LogP contribution is 2.32. The van der Waals surface area contributed by atoms with Crippen LogP contribution < -0.4 is 0 Å². The zero-order valence-corrected chi connectivity index (χ0v) is 20.7. The number of benzene rings is 1. The Balaban J connectivity index is 1.31. The third-order valence-electron chi connectivity index (χ3n) is 7.28. The number of hydrogen-bond donors (Lipinski definition) is 0. The molecule has 0 unspecified atom stereocenters. The van der Waals surface area contributed by atoms with Crippen LogP contribution in [0.25, 0.3) is 5.52 Å². The first-order valence-corrected chi connectivity index (χ1v) is 13.7. The Hall–Kier alpha value is -2.71. The summed E-state index contributed by atoms with van der Waals surface area (Å²) in [6.07, 6.45) is 7.19. The van der Waals surface area contributed by atoms with Crippen molar-refractivity contribution in [2.75, 3.05) is 26.2 Å². The maximum atomic E-state index is 13.2. The number of carbonyl (C=O) groups excluding carboxylic acids is 1. The fourth-order valence-electron chi connectivity index (χ4n) is 5.11. The van der Waals surface area contributed by atoms with E-state index in [0.29, 0.717) is 29.5 Å². The molecule has 0 radical (unpaired) electrons. The molecule has 8 heteroatoms. The summed E-state index contributed by atoms with van der Waals surface area (Å²) in [5, 5.41) is 4.37. The molecule has 0 spiro atoms. The number of hydrogen-bond acceptors (Lipinski definition) is 4. The fraction of sp³-hybridized carbons (Fsp3) is 0.462. The summed E-state index contributed by atoms with van der Waals surface area (Å²) >= 11 is 0. The standard InChI is InChI=1S/C26H32N4O3S/c1-19(2)20-5-7-23(8-6-20)34(32,33)29-14-9-21(10-15-29)22-11-16-30-25(17-22)24(18-27-30)26(31)28-12-3-4-13-28/h5-8,11,16-19,21H,3-4,9-10,12-15H2,1-2H3. The first-order valence-electron chi connectivity index (χ1n) is 12.2. The fourth-order valence-corrected chi connectivity index (χ4v) is 6.58. The van der Waals surface area contributed by atoms with E-state index in [4.69, 9.17) is 0 Å². The van der Waals surface area contributed by atoms with Crippen molar-refractivity contribution in [2.24, 2.45) is 0 Å². The number of sulfonamides is 1. The van der Waals surface area contributed by atoms with Crippen molar-refractivity contribution in [3.63, 3.8) is 0 Å². The number of piperidine rings is 1. The predicted molar refractivity (Wildman–Crippen MR) is 132 cm³/mol. The minimum atomic E-state index is -3.49. The molecule has 2 aromatic heterocycles. The van der Waals surface area contributed by atoms with E-state index in [0.717, 1.165) is 55.4 Å². The van der Waals surface area contributed by atoms with Gasteiger partial charge in [0.25, 0.3) is 5.91 Å². The van der Waals surface area contributed by atoms with Crippen LogP contribution in [0.15, 0.2) is 53.7 Å². The maximum Gasteiger partial charge on any atom is 0.257 e. The van der Waals surface area contributed by atoms with E-state index in [1.54, 1.807) is 27.2 Å². The molecule has 0 N–H and O–H groups in total. The second-order valence-corrected chi connectivity index (χ2v) is 11.7. The number of amides is 1. The second kappa shape index (κ2) is 9.15. The zero-order chi connectivity index (χ0) is 23.9. The second-order valence-electron chi connectivity index (χ2n) is 9.75. The quantitative estimate of drug-likeness (QED) is 0.547. The van der Waals surface area contributed by atoms with E-state index in [1.165, 1.54) is 0 Å². The molecule has 5 rings (SSSR count). The number of pyridine rings is 1. The van der Waals surface area contributed by atoms with Gasteiger partial charge in [-0.3, -0.25) is 4.79 Å². The molecule has 0 saturated carbocycles. The Kier molecular flexibility index (Phi) is 6.20. The Morgan fingerprint density at radius 1 is 1.00 bits per heavy atom. The lowest BCUT2D eigenvalue weighted by atomic mass is 9.90. The Morgan fingerprint density at radius 3 is 2.32 bits per heavy atom. The number of carbonyl (C=O) groups is 1. The van der Waals surface area contributed by atoms with Crippen molar-refractivity contribution < 1.29 is 13.2 Å². The van der Waals surface area contributed by atoms with Crippen LogP contribution in [0.4, 0.5) is 0 Å². The smallest absolute Gasteiger partial charge is 0.257 e. The van der Waals surface area contributed by atoms with Crippen molar-refractivity contribution in [3.05, 3.63) is 65.5 Å². The van der Waals surface area contributed by atoms with Gasteiger partial charge >= 0.3 is 0 Å². The Labute approximate surface area is 201 Å². The summed E-state index contributed by atoms with van der Waals surface area (Å²) in [4.78, 5) is 15.2. The first-order chi connectivity index (χ1) is 16.3. The minimum Gasteiger partial charge on any atom is -0.339 e. The average Bonchev–Trinajstić information content (AvgIpc) is 3.54. The van der Waals surface area contributed by atoms with E-state index in [2.05, 4.69) is 25.0 Å². The molecule has 34 heavy (non-hydrogen) atoms. The third kappa shape index (κ3) is 4.25. The molecular weight excluding hydrogens is 448 g/mol. The first kappa shape index (κ1) is 23.1. The molecule has 1 amide bonds. The summed E-state index contributed by atoms with van der Waals surface area (Å²) in [5.41, 5.74) is 3.75. The van der Waals surface area contributed by atoms with Gasteiger partial charge in [0.15, 0.2) is 0 Å². The van der Waals surface area contributed by atoms with Crippen LogP contribution in [0.2, 0.25) is 0 Å². The van der Waals surface area contributed by atoms with Gasteiger partial charge in [-0.25, -0.2) is 12.9 Å². The lowest BCUT2D eigenvalue weighted by Gasteiger charge is -2.31. The van der Waals surface area contributed by atoms with Crippen LogP contribution in [0.1, 0.15) is 72.9 Å². The van der Waals surface area contributed by atoms with E-state index in [1.807, 2.05) is 29.3 Å².